The summed E-state index contributed by atoms with van der Waals surface area (Å²) in [4.78, 5) is 0. The Labute approximate surface area is 108 Å². The van der Waals surface area contributed by atoms with Crippen LogP contribution >= 0.6 is 0 Å². The molecule has 1 N–H and O–H groups in total. The average Bonchev–Trinajstić information content (AvgIpc) is 2.64. The Hall–Kier alpha value is -1.22. The average molecular weight is 247 g/mol. The maximum atomic E-state index is 5.57. The molecule has 0 aromatic heterocycles. The van der Waals surface area contributed by atoms with Gasteiger partial charge in [-0.3, -0.25) is 0 Å². The smallest absolute Gasteiger partial charge is 0.126 e. The summed E-state index contributed by atoms with van der Waals surface area (Å²) in [6.07, 6.45) is 4.75. The first kappa shape index (κ1) is 11.8. The number of methoxy groups -OCH3 is 2. The third kappa shape index (κ3) is 1.77. The van der Waals surface area contributed by atoms with Gasteiger partial charge in [0.05, 0.1) is 14.2 Å². The fourth-order valence-electron chi connectivity index (χ4n) is 3.48. The molecule has 0 radical (unpaired) electrons. The van der Waals surface area contributed by atoms with E-state index in [1.165, 1.54) is 29.5 Å². The van der Waals surface area contributed by atoms with Crippen molar-refractivity contribution in [1.82, 2.24) is 5.32 Å². The number of benzene rings is 1. The van der Waals surface area contributed by atoms with Gasteiger partial charge in [-0.1, -0.05) is 0 Å². The Bertz CT molecular complexity index is 456. The minimum Gasteiger partial charge on any atom is -0.496 e. The SMILES string of the molecule is COc1cc(OC)c2c3c1CCCC3CNCC2. The topological polar surface area (TPSA) is 30.5 Å². The van der Waals surface area contributed by atoms with Crippen molar-refractivity contribution < 1.29 is 9.47 Å². The summed E-state index contributed by atoms with van der Waals surface area (Å²) in [6.45, 7) is 2.14. The van der Waals surface area contributed by atoms with Gasteiger partial charge in [0.1, 0.15) is 11.5 Å². The summed E-state index contributed by atoms with van der Waals surface area (Å²) in [5, 5.41) is 3.55. The predicted octanol–water partition coefficient (Wildman–Crippen LogP) is 2.27. The van der Waals surface area contributed by atoms with Crippen LogP contribution in [0.5, 0.6) is 11.5 Å². The molecule has 0 bridgehead atoms. The van der Waals surface area contributed by atoms with Gasteiger partial charge in [-0.2, -0.15) is 0 Å². The maximum absolute atomic E-state index is 5.57. The molecule has 2 aliphatic rings. The first-order valence-corrected chi connectivity index (χ1v) is 6.82. The Morgan fingerprint density at radius 2 is 1.83 bits per heavy atom. The Kier molecular flexibility index (Phi) is 3.16. The number of hydrogen-bond donors (Lipinski definition) is 1. The van der Waals surface area contributed by atoms with Crippen LogP contribution in [0, 0.1) is 0 Å². The highest BCUT2D eigenvalue weighted by Crippen LogP contribution is 2.43. The van der Waals surface area contributed by atoms with Gasteiger partial charge in [-0.05, 0) is 54.8 Å². The second-order valence-electron chi connectivity index (χ2n) is 5.20. The quantitative estimate of drug-likeness (QED) is 0.869. The van der Waals surface area contributed by atoms with Crippen molar-refractivity contribution in [2.24, 2.45) is 0 Å². The van der Waals surface area contributed by atoms with E-state index in [2.05, 4.69) is 11.4 Å². The standard InChI is InChI=1S/C15H21NO2/c1-17-13-8-14(18-2)12-6-7-16-9-10-4-3-5-11(13)15(10)12/h8,10,16H,3-7,9H2,1-2H3. The van der Waals surface area contributed by atoms with Crippen LogP contribution in [0.2, 0.25) is 0 Å². The van der Waals surface area contributed by atoms with Crippen molar-refractivity contribution in [3.05, 3.63) is 22.8 Å². The number of hydrogen-bond acceptors (Lipinski definition) is 3. The maximum Gasteiger partial charge on any atom is 0.126 e. The minimum atomic E-state index is 0.634. The van der Waals surface area contributed by atoms with Crippen LogP contribution in [0.4, 0.5) is 0 Å². The minimum absolute atomic E-state index is 0.634. The zero-order valence-corrected chi connectivity index (χ0v) is 11.2. The fourth-order valence-corrected chi connectivity index (χ4v) is 3.48. The molecule has 1 aromatic rings. The predicted molar refractivity (Wildman–Crippen MR) is 71.8 cm³/mol. The molecule has 0 saturated carbocycles. The van der Waals surface area contributed by atoms with Crippen LogP contribution in [0.1, 0.15) is 35.4 Å². The van der Waals surface area contributed by atoms with Crippen LogP contribution < -0.4 is 14.8 Å². The van der Waals surface area contributed by atoms with E-state index in [0.29, 0.717) is 5.92 Å². The molecule has 0 saturated heterocycles. The lowest BCUT2D eigenvalue weighted by Crippen LogP contribution is -2.22. The zero-order chi connectivity index (χ0) is 12.5. The van der Waals surface area contributed by atoms with Gasteiger partial charge in [0.25, 0.3) is 0 Å². The second kappa shape index (κ2) is 4.81. The first-order valence-electron chi connectivity index (χ1n) is 6.82. The lowest BCUT2D eigenvalue weighted by molar-refractivity contribution is 0.382. The van der Waals surface area contributed by atoms with Crippen molar-refractivity contribution in [3.63, 3.8) is 0 Å². The summed E-state index contributed by atoms with van der Waals surface area (Å²) >= 11 is 0. The third-order valence-corrected chi connectivity index (χ3v) is 4.28. The van der Waals surface area contributed by atoms with Crippen LogP contribution in [-0.4, -0.2) is 27.3 Å². The molecule has 1 unspecified atom stereocenters. The number of ether oxygens (including phenoxy) is 2. The molecule has 1 aromatic carbocycles. The normalized spacial score (nSPS) is 22.0. The molecule has 0 amide bonds. The van der Waals surface area contributed by atoms with Gasteiger partial charge in [-0.15, -0.1) is 0 Å². The molecule has 3 nitrogen and oxygen atoms in total. The Morgan fingerprint density at radius 1 is 1.11 bits per heavy atom. The second-order valence-corrected chi connectivity index (χ2v) is 5.20. The molecule has 98 valence electrons. The molecule has 18 heavy (non-hydrogen) atoms. The van der Waals surface area contributed by atoms with Gasteiger partial charge in [-0.25, -0.2) is 0 Å². The molecule has 1 atom stereocenters. The number of rotatable bonds is 2. The van der Waals surface area contributed by atoms with Crippen LogP contribution in [-0.2, 0) is 12.8 Å². The van der Waals surface area contributed by atoms with Crippen LogP contribution in [0.3, 0.4) is 0 Å². The molecule has 0 spiro atoms. The van der Waals surface area contributed by atoms with Gasteiger partial charge in [0.15, 0.2) is 0 Å². The highest BCUT2D eigenvalue weighted by Gasteiger charge is 2.29. The van der Waals surface area contributed by atoms with Crippen LogP contribution in [0.25, 0.3) is 0 Å². The van der Waals surface area contributed by atoms with Gasteiger partial charge in [0.2, 0.25) is 0 Å². The van der Waals surface area contributed by atoms with Gasteiger partial charge >= 0.3 is 0 Å². The van der Waals surface area contributed by atoms with E-state index in [0.717, 1.165) is 37.4 Å². The van der Waals surface area contributed by atoms with E-state index in [1.54, 1.807) is 14.2 Å². The highest BCUT2D eigenvalue weighted by atomic mass is 16.5. The third-order valence-electron chi connectivity index (χ3n) is 4.28. The largest absolute Gasteiger partial charge is 0.496 e. The molecule has 0 fully saturated rings. The van der Waals surface area contributed by atoms with E-state index in [4.69, 9.17) is 9.47 Å². The van der Waals surface area contributed by atoms with Crippen LogP contribution in [0.15, 0.2) is 6.07 Å². The van der Waals surface area contributed by atoms with E-state index >= 15 is 0 Å². The van der Waals surface area contributed by atoms with Crippen molar-refractivity contribution in [1.29, 1.82) is 0 Å². The first-order chi connectivity index (χ1) is 8.85. The summed E-state index contributed by atoms with van der Waals surface area (Å²) in [7, 11) is 3.52. The van der Waals surface area contributed by atoms with E-state index in [1.807, 2.05) is 0 Å². The monoisotopic (exact) mass is 247 g/mol. The highest BCUT2D eigenvalue weighted by molar-refractivity contribution is 5.56. The molecule has 3 rings (SSSR count). The van der Waals surface area contributed by atoms with Crippen molar-refractivity contribution in [3.8, 4) is 11.5 Å². The van der Waals surface area contributed by atoms with E-state index in [-0.39, 0.29) is 0 Å². The molecule has 3 heteroatoms. The Morgan fingerprint density at radius 3 is 2.56 bits per heavy atom. The van der Waals surface area contributed by atoms with E-state index in [9.17, 15) is 0 Å². The Balaban J connectivity index is 2.22. The van der Waals surface area contributed by atoms with Crippen molar-refractivity contribution in [2.75, 3.05) is 27.3 Å². The fraction of sp³-hybridized carbons (Fsp3) is 0.600. The molecular formula is C15H21NO2. The summed E-state index contributed by atoms with van der Waals surface area (Å²) in [5.74, 6) is 2.65. The van der Waals surface area contributed by atoms with Crippen molar-refractivity contribution >= 4 is 0 Å². The summed E-state index contributed by atoms with van der Waals surface area (Å²) in [6, 6.07) is 2.07. The molecule has 1 heterocycles. The van der Waals surface area contributed by atoms with E-state index < -0.39 is 0 Å². The summed E-state index contributed by atoms with van der Waals surface area (Å²) < 4.78 is 11.1. The van der Waals surface area contributed by atoms with Crippen molar-refractivity contribution in [2.45, 2.75) is 31.6 Å². The molecule has 1 aliphatic heterocycles. The lowest BCUT2D eigenvalue weighted by Gasteiger charge is -2.28. The lowest BCUT2D eigenvalue weighted by atomic mass is 9.79. The summed E-state index contributed by atoms with van der Waals surface area (Å²) in [5.41, 5.74) is 4.35. The number of nitrogens with one attached hydrogen (secondary N) is 1. The zero-order valence-electron chi connectivity index (χ0n) is 11.2. The van der Waals surface area contributed by atoms with Gasteiger partial charge in [0, 0.05) is 12.6 Å². The van der Waals surface area contributed by atoms with Gasteiger partial charge < -0.3 is 14.8 Å². The molecule has 1 aliphatic carbocycles. The molecular weight excluding hydrogens is 226 g/mol.